The van der Waals surface area contributed by atoms with Gasteiger partial charge in [0.2, 0.25) is 0 Å². The standard InChI is InChI=1S/C14H16N4O3S/c15-22(20,21)18-13-8-6-12(7-9-13)17-14(19)16-10-11-4-2-1-3-5-11/h1-9,18H,10H2,(H2,15,20,21)(H2,16,17,19). The Morgan fingerprint density at radius 2 is 1.55 bits per heavy atom. The molecule has 2 amide bonds. The van der Waals surface area contributed by atoms with Crippen molar-refractivity contribution in [3.63, 3.8) is 0 Å². The molecule has 5 N–H and O–H groups in total. The van der Waals surface area contributed by atoms with Crippen molar-refractivity contribution in [2.45, 2.75) is 6.54 Å². The van der Waals surface area contributed by atoms with Crippen LogP contribution >= 0.6 is 0 Å². The number of nitrogens with one attached hydrogen (secondary N) is 3. The van der Waals surface area contributed by atoms with Crippen LogP contribution in [0.5, 0.6) is 0 Å². The van der Waals surface area contributed by atoms with E-state index in [1.54, 1.807) is 12.1 Å². The molecule has 0 bridgehead atoms. The summed E-state index contributed by atoms with van der Waals surface area (Å²) in [5.74, 6) is 0. The van der Waals surface area contributed by atoms with E-state index in [2.05, 4.69) is 15.4 Å². The van der Waals surface area contributed by atoms with Crippen molar-refractivity contribution in [2.24, 2.45) is 5.14 Å². The Balaban J connectivity index is 1.86. The van der Waals surface area contributed by atoms with Crippen LogP contribution < -0.4 is 20.5 Å². The Labute approximate surface area is 128 Å². The van der Waals surface area contributed by atoms with Gasteiger partial charge in [-0.15, -0.1) is 0 Å². The molecule has 8 heteroatoms. The highest BCUT2D eigenvalue weighted by molar-refractivity contribution is 7.90. The van der Waals surface area contributed by atoms with Crippen molar-refractivity contribution < 1.29 is 13.2 Å². The van der Waals surface area contributed by atoms with Crippen molar-refractivity contribution >= 4 is 27.6 Å². The van der Waals surface area contributed by atoms with Gasteiger partial charge < -0.3 is 10.6 Å². The zero-order chi connectivity index (χ0) is 16.0. The maximum absolute atomic E-state index is 11.7. The second-order valence-corrected chi connectivity index (χ2v) is 5.81. The Bertz CT molecular complexity index is 730. The first kappa shape index (κ1) is 15.8. The first-order valence-electron chi connectivity index (χ1n) is 6.42. The molecule has 7 nitrogen and oxygen atoms in total. The average Bonchev–Trinajstić information content (AvgIpc) is 2.47. The topological polar surface area (TPSA) is 113 Å². The number of rotatable bonds is 5. The van der Waals surface area contributed by atoms with Crippen LogP contribution in [0.4, 0.5) is 16.2 Å². The van der Waals surface area contributed by atoms with Crippen LogP contribution in [0.25, 0.3) is 0 Å². The highest BCUT2D eigenvalue weighted by Crippen LogP contribution is 2.14. The smallest absolute Gasteiger partial charge is 0.319 e. The van der Waals surface area contributed by atoms with Gasteiger partial charge in [0.15, 0.2) is 0 Å². The van der Waals surface area contributed by atoms with E-state index >= 15 is 0 Å². The third kappa shape index (κ3) is 5.43. The zero-order valence-corrected chi connectivity index (χ0v) is 12.4. The van der Waals surface area contributed by atoms with E-state index in [0.717, 1.165) is 5.56 Å². The van der Waals surface area contributed by atoms with Crippen LogP contribution in [-0.4, -0.2) is 14.4 Å². The second-order valence-electron chi connectivity index (χ2n) is 4.52. The first-order chi connectivity index (χ1) is 10.4. The molecule has 0 aliphatic carbocycles. The molecule has 2 aromatic rings. The summed E-state index contributed by atoms with van der Waals surface area (Å²) in [6.07, 6.45) is 0. The summed E-state index contributed by atoms with van der Waals surface area (Å²) in [6, 6.07) is 15.3. The molecule has 0 atom stereocenters. The number of hydrogen-bond donors (Lipinski definition) is 4. The van der Waals surface area contributed by atoms with Gasteiger partial charge in [0.1, 0.15) is 0 Å². The van der Waals surface area contributed by atoms with Crippen LogP contribution in [0, 0.1) is 0 Å². The van der Waals surface area contributed by atoms with Crippen molar-refractivity contribution in [2.75, 3.05) is 10.0 Å². The van der Waals surface area contributed by atoms with Gasteiger partial charge in [0, 0.05) is 17.9 Å². The molecule has 0 fully saturated rings. The SMILES string of the molecule is NS(=O)(=O)Nc1ccc(NC(=O)NCc2ccccc2)cc1. The minimum absolute atomic E-state index is 0.317. The molecule has 0 heterocycles. The third-order valence-corrected chi connectivity index (χ3v) is 3.22. The highest BCUT2D eigenvalue weighted by atomic mass is 32.2. The highest BCUT2D eigenvalue weighted by Gasteiger charge is 2.04. The Morgan fingerprint density at radius 3 is 2.14 bits per heavy atom. The molecule has 116 valence electrons. The third-order valence-electron chi connectivity index (χ3n) is 2.70. The molecule has 0 saturated carbocycles. The van der Waals surface area contributed by atoms with Gasteiger partial charge in [0.05, 0.1) is 0 Å². The van der Waals surface area contributed by atoms with E-state index in [1.165, 1.54) is 12.1 Å². The van der Waals surface area contributed by atoms with Gasteiger partial charge in [-0.3, -0.25) is 4.72 Å². The monoisotopic (exact) mass is 320 g/mol. The summed E-state index contributed by atoms with van der Waals surface area (Å²) in [5, 5.41) is 10.2. The van der Waals surface area contributed by atoms with Gasteiger partial charge in [-0.2, -0.15) is 8.42 Å². The zero-order valence-electron chi connectivity index (χ0n) is 11.6. The second kappa shape index (κ2) is 6.92. The average molecular weight is 320 g/mol. The molecule has 0 saturated heterocycles. The van der Waals surface area contributed by atoms with Gasteiger partial charge >= 0.3 is 6.03 Å². The lowest BCUT2D eigenvalue weighted by Gasteiger charge is -2.09. The number of anilines is 2. The Kier molecular flexibility index (Phi) is 4.97. The molecule has 0 spiro atoms. The molecule has 22 heavy (non-hydrogen) atoms. The number of benzene rings is 2. The van der Waals surface area contributed by atoms with E-state index in [0.29, 0.717) is 17.9 Å². The fourth-order valence-electron chi connectivity index (χ4n) is 1.74. The van der Waals surface area contributed by atoms with E-state index in [4.69, 9.17) is 5.14 Å². The largest absolute Gasteiger partial charge is 0.334 e. The fraction of sp³-hybridized carbons (Fsp3) is 0.0714. The van der Waals surface area contributed by atoms with Crippen molar-refractivity contribution in [1.82, 2.24) is 5.32 Å². The molecule has 0 aliphatic heterocycles. The normalized spacial score (nSPS) is 10.8. The quantitative estimate of drug-likeness (QED) is 0.671. The van der Waals surface area contributed by atoms with E-state index in [1.807, 2.05) is 30.3 Å². The van der Waals surface area contributed by atoms with Gasteiger partial charge in [-0.1, -0.05) is 30.3 Å². The summed E-state index contributed by atoms with van der Waals surface area (Å²) in [4.78, 5) is 11.7. The maximum Gasteiger partial charge on any atom is 0.319 e. The minimum atomic E-state index is -3.80. The first-order valence-corrected chi connectivity index (χ1v) is 7.96. The molecule has 0 aliphatic rings. The predicted molar refractivity (Wildman–Crippen MR) is 85.5 cm³/mol. The summed E-state index contributed by atoms with van der Waals surface area (Å²) in [7, 11) is -3.80. The fourth-order valence-corrected chi connectivity index (χ4v) is 2.20. The van der Waals surface area contributed by atoms with E-state index in [9.17, 15) is 13.2 Å². The number of urea groups is 1. The molecule has 2 aromatic carbocycles. The van der Waals surface area contributed by atoms with Gasteiger partial charge in [0.25, 0.3) is 10.2 Å². The maximum atomic E-state index is 11.7. The number of carbonyl (C=O) groups is 1. The lowest BCUT2D eigenvalue weighted by molar-refractivity contribution is 0.251. The molecule has 0 aromatic heterocycles. The van der Waals surface area contributed by atoms with Crippen LogP contribution in [-0.2, 0) is 16.8 Å². The molecule has 0 unspecified atom stereocenters. The molecular weight excluding hydrogens is 304 g/mol. The number of hydrogen-bond acceptors (Lipinski definition) is 3. The van der Waals surface area contributed by atoms with E-state index in [-0.39, 0.29) is 6.03 Å². The Hall–Kier alpha value is -2.58. The lowest BCUT2D eigenvalue weighted by Crippen LogP contribution is -2.28. The van der Waals surface area contributed by atoms with Crippen LogP contribution in [0.3, 0.4) is 0 Å². The van der Waals surface area contributed by atoms with Gasteiger partial charge in [-0.05, 0) is 29.8 Å². The predicted octanol–water partition coefficient (Wildman–Crippen LogP) is 1.62. The Morgan fingerprint density at radius 1 is 0.955 bits per heavy atom. The van der Waals surface area contributed by atoms with Crippen molar-refractivity contribution in [3.05, 3.63) is 60.2 Å². The molecule has 2 rings (SSSR count). The number of carbonyl (C=O) groups excluding carboxylic acids is 1. The van der Waals surface area contributed by atoms with E-state index < -0.39 is 10.2 Å². The number of nitrogens with two attached hydrogens (primary N) is 1. The summed E-state index contributed by atoms with van der Waals surface area (Å²) >= 11 is 0. The number of amides is 2. The summed E-state index contributed by atoms with van der Waals surface area (Å²) < 4.78 is 23.9. The summed E-state index contributed by atoms with van der Waals surface area (Å²) in [5.41, 5.74) is 1.84. The van der Waals surface area contributed by atoms with Crippen LogP contribution in [0.15, 0.2) is 54.6 Å². The summed E-state index contributed by atoms with van der Waals surface area (Å²) in [6.45, 7) is 0.414. The van der Waals surface area contributed by atoms with Crippen molar-refractivity contribution in [3.8, 4) is 0 Å². The lowest BCUT2D eigenvalue weighted by atomic mass is 10.2. The van der Waals surface area contributed by atoms with Crippen LogP contribution in [0.1, 0.15) is 5.56 Å². The minimum Gasteiger partial charge on any atom is -0.334 e. The molecular formula is C14H16N4O3S. The van der Waals surface area contributed by atoms with Gasteiger partial charge in [-0.25, -0.2) is 9.93 Å². The van der Waals surface area contributed by atoms with Crippen molar-refractivity contribution in [1.29, 1.82) is 0 Å². The molecule has 0 radical (unpaired) electrons. The van der Waals surface area contributed by atoms with Crippen LogP contribution in [0.2, 0.25) is 0 Å².